The molecule has 4 aromatic rings. The van der Waals surface area contributed by atoms with Gasteiger partial charge < -0.3 is 22.1 Å². The molecular formula is C26H22N4O2S2. The fourth-order valence-electron chi connectivity index (χ4n) is 2.96. The number of benzene rings is 4. The standard InChI is InChI=1S/C26H22N4O2S2/c27-19-5-1-17(2-6-19)25(31)29-21-9-13-23(14-10-21)33-34-24-15-11-22(12-16-24)30-26(32)18-3-7-20(28)8-4-18/h1-16H,27-28H2,(H,29,31)(H,30,32). The van der Waals surface area contributed by atoms with Gasteiger partial charge in [-0.1, -0.05) is 21.6 Å². The van der Waals surface area contributed by atoms with Gasteiger partial charge in [-0.25, -0.2) is 0 Å². The van der Waals surface area contributed by atoms with E-state index in [1.165, 1.54) is 0 Å². The van der Waals surface area contributed by atoms with E-state index in [1.807, 2.05) is 48.5 Å². The van der Waals surface area contributed by atoms with Gasteiger partial charge in [0.1, 0.15) is 0 Å². The fourth-order valence-corrected chi connectivity index (χ4v) is 4.89. The van der Waals surface area contributed by atoms with Crippen LogP contribution in [0.2, 0.25) is 0 Å². The highest BCUT2D eigenvalue weighted by Gasteiger charge is 2.07. The zero-order valence-corrected chi connectivity index (χ0v) is 19.7. The number of anilines is 4. The van der Waals surface area contributed by atoms with Crippen LogP contribution in [0, 0.1) is 0 Å². The van der Waals surface area contributed by atoms with Gasteiger partial charge in [0.2, 0.25) is 0 Å². The van der Waals surface area contributed by atoms with Gasteiger partial charge in [-0.2, -0.15) is 0 Å². The second-order valence-corrected chi connectivity index (χ2v) is 9.64. The molecule has 4 aromatic carbocycles. The van der Waals surface area contributed by atoms with Crippen LogP contribution in [0.15, 0.2) is 107 Å². The number of carbonyl (C=O) groups is 2. The monoisotopic (exact) mass is 486 g/mol. The predicted octanol–water partition coefficient (Wildman–Crippen LogP) is 6.16. The maximum atomic E-state index is 12.3. The highest BCUT2D eigenvalue weighted by molar-refractivity contribution is 8.76. The van der Waals surface area contributed by atoms with E-state index in [2.05, 4.69) is 10.6 Å². The van der Waals surface area contributed by atoms with Crippen molar-refractivity contribution in [2.45, 2.75) is 9.79 Å². The molecule has 0 heterocycles. The first-order valence-corrected chi connectivity index (χ1v) is 12.5. The number of carbonyl (C=O) groups excluding carboxylic acids is 2. The summed E-state index contributed by atoms with van der Waals surface area (Å²) in [7, 11) is 3.22. The maximum absolute atomic E-state index is 12.3. The SMILES string of the molecule is Nc1ccc(C(=O)Nc2ccc(SSc3ccc(NC(=O)c4ccc(N)cc4)cc3)cc2)cc1. The first-order chi connectivity index (χ1) is 16.5. The summed E-state index contributed by atoms with van der Waals surface area (Å²) in [5, 5.41) is 5.76. The van der Waals surface area contributed by atoms with Gasteiger partial charge in [0, 0.05) is 43.7 Å². The molecular weight excluding hydrogens is 464 g/mol. The first-order valence-electron chi connectivity index (χ1n) is 10.3. The average molecular weight is 487 g/mol. The van der Waals surface area contributed by atoms with E-state index in [9.17, 15) is 9.59 Å². The molecule has 0 aliphatic carbocycles. The number of hydrogen-bond donors (Lipinski definition) is 4. The van der Waals surface area contributed by atoms with Gasteiger partial charge in [-0.3, -0.25) is 9.59 Å². The Morgan fingerprint density at radius 2 is 0.824 bits per heavy atom. The van der Waals surface area contributed by atoms with Crippen LogP contribution in [-0.4, -0.2) is 11.8 Å². The molecule has 4 rings (SSSR count). The van der Waals surface area contributed by atoms with E-state index >= 15 is 0 Å². The summed E-state index contributed by atoms with van der Waals surface area (Å²) in [4.78, 5) is 26.7. The molecule has 0 spiro atoms. The highest BCUT2D eigenvalue weighted by Crippen LogP contribution is 2.38. The summed E-state index contributed by atoms with van der Waals surface area (Å²) in [6.07, 6.45) is 0. The van der Waals surface area contributed by atoms with Crippen molar-refractivity contribution < 1.29 is 9.59 Å². The van der Waals surface area contributed by atoms with Crippen molar-refractivity contribution >= 4 is 56.2 Å². The molecule has 0 aromatic heterocycles. The Morgan fingerprint density at radius 1 is 0.500 bits per heavy atom. The molecule has 0 radical (unpaired) electrons. The maximum Gasteiger partial charge on any atom is 0.255 e. The molecule has 6 N–H and O–H groups in total. The van der Waals surface area contributed by atoms with Gasteiger partial charge in [0.15, 0.2) is 0 Å². The molecule has 6 nitrogen and oxygen atoms in total. The summed E-state index contributed by atoms with van der Waals surface area (Å²) >= 11 is 0. The zero-order valence-electron chi connectivity index (χ0n) is 18.0. The number of nitrogen functional groups attached to an aromatic ring is 2. The predicted molar refractivity (Wildman–Crippen MR) is 142 cm³/mol. The lowest BCUT2D eigenvalue weighted by molar-refractivity contribution is 0.101. The van der Waals surface area contributed by atoms with Crippen LogP contribution >= 0.6 is 21.6 Å². The molecule has 8 heteroatoms. The van der Waals surface area contributed by atoms with Crippen LogP contribution in [0.5, 0.6) is 0 Å². The third-order valence-electron chi connectivity index (χ3n) is 4.80. The smallest absolute Gasteiger partial charge is 0.255 e. The van der Waals surface area contributed by atoms with Crippen molar-refractivity contribution in [1.82, 2.24) is 0 Å². The lowest BCUT2D eigenvalue weighted by Gasteiger charge is -2.08. The third-order valence-corrected chi connectivity index (χ3v) is 7.22. The summed E-state index contributed by atoms with van der Waals surface area (Å²) in [5.74, 6) is -0.364. The van der Waals surface area contributed by atoms with Crippen LogP contribution < -0.4 is 22.1 Å². The van der Waals surface area contributed by atoms with Crippen molar-refractivity contribution in [3.63, 3.8) is 0 Å². The Kier molecular flexibility index (Phi) is 7.41. The Balaban J connectivity index is 1.27. The Labute approximate surface area is 205 Å². The van der Waals surface area contributed by atoms with Gasteiger partial charge in [-0.15, -0.1) is 0 Å². The van der Waals surface area contributed by atoms with Gasteiger partial charge >= 0.3 is 0 Å². The number of nitrogens with one attached hydrogen (secondary N) is 2. The van der Waals surface area contributed by atoms with E-state index in [0.29, 0.717) is 22.5 Å². The molecule has 0 atom stereocenters. The van der Waals surface area contributed by atoms with Crippen molar-refractivity contribution in [1.29, 1.82) is 0 Å². The number of hydrogen-bond acceptors (Lipinski definition) is 6. The average Bonchev–Trinajstić information content (AvgIpc) is 2.85. The summed E-state index contributed by atoms with van der Waals surface area (Å²) < 4.78 is 0. The lowest BCUT2D eigenvalue weighted by Crippen LogP contribution is -2.11. The summed E-state index contributed by atoms with van der Waals surface area (Å²) in [6, 6.07) is 28.9. The van der Waals surface area contributed by atoms with Crippen LogP contribution in [0.1, 0.15) is 20.7 Å². The molecule has 0 aliphatic rings. The number of nitrogens with two attached hydrogens (primary N) is 2. The normalized spacial score (nSPS) is 10.5. The second-order valence-electron chi connectivity index (χ2n) is 7.37. The van der Waals surface area contributed by atoms with E-state index in [1.54, 1.807) is 70.1 Å². The molecule has 170 valence electrons. The van der Waals surface area contributed by atoms with Crippen molar-refractivity contribution in [2.75, 3.05) is 22.1 Å². The van der Waals surface area contributed by atoms with Gasteiger partial charge in [0.25, 0.3) is 11.8 Å². The van der Waals surface area contributed by atoms with Gasteiger partial charge in [-0.05, 0) is 97.1 Å². The molecule has 0 saturated carbocycles. The Hall–Kier alpha value is -3.88. The number of rotatable bonds is 7. The van der Waals surface area contributed by atoms with Crippen molar-refractivity contribution in [2.24, 2.45) is 0 Å². The first kappa shape index (κ1) is 23.3. The molecule has 0 bridgehead atoms. The minimum atomic E-state index is -0.182. The molecule has 34 heavy (non-hydrogen) atoms. The molecule has 0 unspecified atom stereocenters. The quantitative estimate of drug-likeness (QED) is 0.184. The summed E-state index contributed by atoms with van der Waals surface area (Å²) in [6.45, 7) is 0. The van der Waals surface area contributed by atoms with E-state index in [0.717, 1.165) is 21.2 Å². The molecule has 2 amide bonds. The Morgan fingerprint density at radius 3 is 1.15 bits per heavy atom. The largest absolute Gasteiger partial charge is 0.399 e. The zero-order chi connectivity index (χ0) is 23.9. The van der Waals surface area contributed by atoms with Crippen LogP contribution in [0.25, 0.3) is 0 Å². The van der Waals surface area contributed by atoms with Crippen LogP contribution in [0.3, 0.4) is 0 Å². The van der Waals surface area contributed by atoms with Crippen molar-refractivity contribution in [3.05, 3.63) is 108 Å². The van der Waals surface area contributed by atoms with E-state index in [4.69, 9.17) is 11.5 Å². The lowest BCUT2D eigenvalue weighted by atomic mass is 10.2. The topological polar surface area (TPSA) is 110 Å². The summed E-state index contributed by atoms with van der Waals surface area (Å²) in [5.41, 5.74) is 15.1. The van der Waals surface area contributed by atoms with E-state index < -0.39 is 0 Å². The fraction of sp³-hybridized carbons (Fsp3) is 0. The van der Waals surface area contributed by atoms with Crippen LogP contribution in [-0.2, 0) is 0 Å². The number of amides is 2. The highest BCUT2D eigenvalue weighted by atomic mass is 33.1. The van der Waals surface area contributed by atoms with Crippen molar-refractivity contribution in [3.8, 4) is 0 Å². The van der Waals surface area contributed by atoms with E-state index in [-0.39, 0.29) is 11.8 Å². The molecule has 0 saturated heterocycles. The minimum absolute atomic E-state index is 0.182. The van der Waals surface area contributed by atoms with Crippen LogP contribution in [0.4, 0.5) is 22.7 Å². The molecule has 0 aliphatic heterocycles. The minimum Gasteiger partial charge on any atom is -0.399 e. The second kappa shape index (κ2) is 10.8. The third kappa shape index (κ3) is 6.34. The van der Waals surface area contributed by atoms with Gasteiger partial charge in [0.05, 0.1) is 0 Å². The Bertz CT molecular complexity index is 1170. The molecule has 0 fully saturated rings.